The predicted octanol–water partition coefficient (Wildman–Crippen LogP) is 2.65. The average Bonchev–Trinajstić information content (AvgIpc) is 2.88. The van der Waals surface area contributed by atoms with Crippen molar-refractivity contribution in [1.29, 1.82) is 0 Å². The number of allylic oxidation sites excluding steroid dienone is 1. The van der Waals surface area contributed by atoms with E-state index in [1.54, 1.807) is 11.8 Å². The molecule has 3 N–H and O–H groups in total. The third-order valence-electron chi connectivity index (χ3n) is 2.79. The summed E-state index contributed by atoms with van der Waals surface area (Å²) < 4.78 is 5.65. The van der Waals surface area contributed by atoms with E-state index >= 15 is 0 Å². The highest BCUT2D eigenvalue weighted by molar-refractivity contribution is 7.99. The Labute approximate surface area is 123 Å². The van der Waals surface area contributed by atoms with Crippen molar-refractivity contribution in [2.24, 2.45) is 0 Å². The van der Waals surface area contributed by atoms with Crippen molar-refractivity contribution in [3.05, 3.63) is 53.4 Å². The molecule has 0 aliphatic carbocycles. The Bertz CT molecular complexity index is 562. The normalized spacial score (nSPS) is 12.2. The van der Waals surface area contributed by atoms with E-state index in [1.165, 1.54) is 11.1 Å². The lowest BCUT2D eigenvalue weighted by Gasteiger charge is -2.03. The zero-order valence-electron chi connectivity index (χ0n) is 11.9. The standard InChI is InChI=1S/C15H19N3OS/c1-11(2)8-9-20-15-18-17-14(19-15)13(16)10-12-6-4-3-5-7-12/h3-8,13H,9-10,16H2,1-2H3/p+1/t13-/m0/s1. The first-order valence-corrected chi connectivity index (χ1v) is 7.60. The van der Waals surface area contributed by atoms with Gasteiger partial charge >= 0.3 is 0 Å². The van der Waals surface area contributed by atoms with Crippen molar-refractivity contribution in [1.82, 2.24) is 10.2 Å². The molecule has 0 saturated heterocycles. The van der Waals surface area contributed by atoms with Crippen LogP contribution in [0.25, 0.3) is 0 Å². The Morgan fingerprint density at radius 1 is 1.30 bits per heavy atom. The van der Waals surface area contributed by atoms with Crippen LogP contribution in [0.5, 0.6) is 0 Å². The largest absolute Gasteiger partial charge is 0.410 e. The fourth-order valence-electron chi connectivity index (χ4n) is 1.71. The third-order valence-corrected chi connectivity index (χ3v) is 3.54. The van der Waals surface area contributed by atoms with Crippen molar-refractivity contribution >= 4 is 11.8 Å². The summed E-state index contributed by atoms with van der Waals surface area (Å²) in [6, 6.07) is 10.2. The molecular formula is C15H20N3OS+. The summed E-state index contributed by atoms with van der Waals surface area (Å²) in [5, 5.41) is 8.75. The lowest BCUT2D eigenvalue weighted by Crippen LogP contribution is -2.54. The highest BCUT2D eigenvalue weighted by atomic mass is 32.2. The van der Waals surface area contributed by atoms with Crippen LogP contribution in [0.15, 0.2) is 51.6 Å². The van der Waals surface area contributed by atoms with Gasteiger partial charge < -0.3 is 10.2 Å². The Hall–Kier alpha value is -1.59. The molecule has 4 nitrogen and oxygen atoms in total. The van der Waals surface area contributed by atoms with Gasteiger partial charge in [-0.1, -0.05) is 53.7 Å². The first-order valence-electron chi connectivity index (χ1n) is 6.61. The molecule has 0 spiro atoms. The Morgan fingerprint density at radius 2 is 2.05 bits per heavy atom. The summed E-state index contributed by atoms with van der Waals surface area (Å²) in [4.78, 5) is 0. The van der Waals surface area contributed by atoms with Crippen LogP contribution in [0, 0.1) is 0 Å². The second-order valence-electron chi connectivity index (χ2n) is 4.89. The van der Waals surface area contributed by atoms with Crippen molar-refractivity contribution in [3.63, 3.8) is 0 Å². The number of thioether (sulfide) groups is 1. The van der Waals surface area contributed by atoms with Gasteiger partial charge in [-0.3, -0.25) is 0 Å². The highest BCUT2D eigenvalue weighted by Crippen LogP contribution is 2.20. The van der Waals surface area contributed by atoms with Gasteiger partial charge in [0.2, 0.25) is 0 Å². The molecule has 1 aromatic heterocycles. The van der Waals surface area contributed by atoms with Crippen LogP contribution in [-0.4, -0.2) is 16.0 Å². The number of quaternary nitrogens is 1. The van der Waals surface area contributed by atoms with Crippen LogP contribution in [-0.2, 0) is 6.42 Å². The molecule has 5 heteroatoms. The van der Waals surface area contributed by atoms with E-state index in [-0.39, 0.29) is 6.04 Å². The Morgan fingerprint density at radius 3 is 2.75 bits per heavy atom. The maximum Gasteiger partial charge on any atom is 0.277 e. The number of rotatable bonds is 6. The molecule has 20 heavy (non-hydrogen) atoms. The van der Waals surface area contributed by atoms with Gasteiger partial charge in [-0.05, 0) is 19.4 Å². The molecule has 0 fully saturated rings. The van der Waals surface area contributed by atoms with Crippen molar-refractivity contribution in [2.45, 2.75) is 31.5 Å². The van der Waals surface area contributed by atoms with Gasteiger partial charge in [-0.2, -0.15) is 0 Å². The van der Waals surface area contributed by atoms with E-state index in [0.29, 0.717) is 11.1 Å². The van der Waals surface area contributed by atoms with Crippen molar-refractivity contribution in [3.8, 4) is 0 Å². The molecule has 106 valence electrons. The van der Waals surface area contributed by atoms with Gasteiger partial charge in [-0.25, -0.2) is 0 Å². The van der Waals surface area contributed by atoms with Crippen molar-refractivity contribution in [2.75, 3.05) is 5.75 Å². The van der Waals surface area contributed by atoms with Crippen LogP contribution < -0.4 is 5.73 Å². The molecule has 0 aliphatic heterocycles. The minimum absolute atomic E-state index is 0.0114. The molecule has 1 atom stereocenters. The molecular weight excluding hydrogens is 270 g/mol. The molecule has 2 aromatic rings. The van der Waals surface area contributed by atoms with E-state index in [1.807, 2.05) is 18.2 Å². The fraction of sp³-hybridized carbons (Fsp3) is 0.333. The van der Waals surface area contributed by atoms with Crippen LogP contribution in [0.1, 0.15) is 31.3 Å². The first kappa shape index (κ1) is 14.8. The van der Waals surface area contributed by atoms with E-state index < -0.39 is 0 Å². The van der Waals surface area contributed by atoms with Crippen LogP contribution in [0.2, 0.25) is 0 Å². The maximum absolute atomic E-state index is 5.65. The van der Waals surface area contributed by atoms with E-state index in [9.17, 15) is 0 Å². The molecule has 1 heterocycles. The lowest BCUT2D eigenvalue weighted by atomic mass is 10.1. The van der Waals surface area contributed by atoms with Crippen LogP contribution in [0.4, 0.5) is 0 Å². The topological polar surface area (TPSA) is 66.6 Å². The second-order valence-corrected chi connectivity index (χ2v) is 5.86. The highest BCUT2D eigenvalue weighted by Gasteiger charge is 2.18. The number of hydrogen-bond acceptors (Lipinski definition) is 4. The zero-order valence-corrected chi connectivity index (χ0v) is 12.7. The molecule has 0 saturated carbocycles. The molecule has 0 bridgehead atoms. The van der Waals surface area contributed by atoms with Crippen molar-refractivity contribution < 1.29 is 10.2 Å². The van der Waals surface area contributed by atoms with Gasteiger partial charge in [-0.15, -0.1) is 10.2 Å². The molecule has 0 amide bonds. The summed E-state index contributed by atoms with van der Waals surface area (Å²) in [5.41, 5.74) is 6.62. The second kappa shape index (κ2) is 7.26. The van der Waals surface area contributed by atoms with E-state index in [4.69, 9.17) is 4.42 Å². The molecule has 0 aliphatic rings. The number of nitrogens with zero attached hydrogens (tertiary/aromatic N) is 2. The summed E-state index contributed by atoms with van der Waals surface area (Å²) in [5.74, 6) is 1.46. The molecule has 2 rings (SSSR count). The smallest absolute Gasteiger partial charge is 0.277 e. The zero-order chi connectivity index (χ0) is 14.4. The molecule has 1 aromatic carbocycles. The number of aromatic nitrogens is 2. The minimum atomic E-state index is -0.0114. The minimum Gasteiger partial charge on any atom is -0.410 e. The van der Waals surface area contributed by atoms with E-state index in [2.05, 4.69) is 48.0 Å². The monoisotopic (exact) mass is 290 g/mol. The van der Waals surface area contributed by atoms with Gasteiger partial charge in [0.1, 0.15) is 0 Å². The lowest BCUT2D eigenvalue weighted by molar-refractivity contribution is -0.431. The van der Waals surface area contributed by atoms with Gasteiger partial charge in [0.05, 0.1) is 0 Å². The summed E-state index contributed by atoms with van der Waals surface area (Å²) in [6.07, 6.45) is 2.95. The molecule has 0 radical (unpaired) electrons. The summed E-state index contributed by atoms with van der Waals surface area (Å²) in [7, 11) is 0. The van der Waals surface area contributed by atoms with Crippen LogP contribution in [0.3, 0.4) is 0 Å². The van der Waals surface area contributed by atoms with Crippen LogP contribution >= 0.6 is 11.8 Å². The first-order chi connectivity index (χ1) is 9.65. The third kappa shape index (κ3) is 4.51. The Balaban J connectivity index is 1.92. The Kier molecular flexibility index (Phi) is 5.38. The quantitative estimate of drug-likeness (QED) is 0.656. The number of benzene rings is 1. The van der Waals surface area contributed by atoms with Gasteiger partial charge in [0.25, 0.3) is 11.1 Å². The van der Waals surface area contributed by atoms with Gasteiger partial charge in [0, 0.05) is 12.2 Å². The SMILES string of the molecule is CC(C)=CCSc1nnc([C@@H]([NH3+])Cc2ccccc2)o1. The number of hydrogen-bond donors (Lipinski definition) is 1. The summed E-state index contributed by atoms with van der Waals surface area (Å²) in [6.45, 7) is 4.15. The molecule has 0 unspecified atom stereocenters. The average molecular weight is 290 g/mol. The fourth-order valence-corrected chi connectivity index (χ4v) is 2.51. The van der Waals surface area contributed by atoms with E-state index in [0.717, 1.165) is 12.2 Å². The van der Waals surface area contributed by atoms with Gasteiger partial charge in [0.15, 0.2) is 6.04 Å². The maximum atomic E-state index is 5.65. The summed E-state index contributed by atoms with van der Waals surface area (Å²) >= 11 is 1.55. The predicted molar refractivity (Wildman–Crippen MR) is 80.2 cm³/mol.